The predicted octanol–water partition coefficient (Wildman–Crippen LogP) is 3.01. The van der Waals surface area contributed by atoms with Crippen molar-refractivity contribution >= 4 is 44.0 Å². The first-order chi connectivity index (χ1) is 6.76. The summed E-state index contributed by atoms with van der Waals surface area (Å²) in [6.07, 6.45) is 0. The predicted molar refractivity (Wildman–Crippen MR) is 67.0 cm³/mol. The molecule has 0 aliphatic rings. The molecule has 1 aromatic carbocycles. The lowest BCUT2D eigenvalue weighted by Crippen LogP contribution is -1.86. The molecule has 0 saturated carbocycles. The molecule has 1 heterocycles. The molecule has 2 rings (SSSR count). The van der Waals surface area contributed by atoms with Crippen molar-refractivity contribution in [2.75, 3.05) is 7.11 Å². The van der Waals surface area contributed by atoms with Crippen molar-refractivity contribution in [3.63, 3.8) is 0 Å². The summed E-state index contributed by atoms with van der Waals surface area (Å²) in [7, 11) is 1.66. The summed E-state index contributed by atoms with van der Waals surface area (Å²) in [5.41, 5.74) is 0.997. The van der Waals surface area contributed by atoms with Crippen molar-refractivity contribution in [3.8, 4) is 5.75 Å². The number of halogens is 1. The molecule has 0 amide bonds. The van der Waals surface area contributed by atoms with Crippen LogP contribution in [0.4, 0.5) is 0 Å². The smallest absolute Gasteiger partial charge is 0.121 e. The van der Waals surface area contributed by atoms with Gasteiger partial charge < -0.3 is 9.84 Å². The van der Waals surface area contributed by atoms with Gasteiger partial charge in [-0.05, 0) is 45.7 Å². The Balaban J connectivity index is 2.72. The Kier molecular flexibility index (Phi) is 2.94. The quantitative estimate of drug-likeness (QED) is 0.862. The van der Waals surface area contributed by atoms with Crippen LogP contribution in [0, 0.1) is 3.57 Å². The molecule has 0 atom stereocenters. The Labute approximate surface area is 99.7 Å². The number of ether oxygens (including phenoxy) is 1. The number of thiophene rings is 1. The van der Waals surface area contributed by atoms with Gasteiger partial charge in [0.2, 0.25) is 0 Å². The van der Waals surface area contributed by atoms with Crippen molar-refractivity contribution in [3.05, 3.63) is 26.6 Å². The molecule has 0 saturated heterocycles. The molecule has 74 valence electrons. The molecule has 0 aliphatic carbocycles. The average Bonchev–Trinajstić information content (AvgIpc) is 2.61. The molecular weight excluding hydrogens is 311 g/mol. The number of hydrogen-bond acceptors (Lipinski definition) is 3. The van der Waals surface area contributed by atoms with Crippen LogP contribution in [0.1, 0.15) is 5.56 Å². The monoisotopic (exact) mass is 320 g/mol. The molecule has 0 unspecified atom stereocenters. The second-order valence-electron chi connectivity index (χ2n) is 2.90. The summed E-state index contributed by atoms with van der Waals surface area (Å²) in [5.74, 6) is 0.869. The van der Waals surface area contributed by atoms with Crippen molar-refractivity contribution in [1.82, 2.24) is 0 Å². The summed E-state index contributed by atoms with van der Waals surface area (Å²) in [5, 5.41) is 12.3. The van der Waals surface area contributed by atoms with Gasteiger partial charge in [-0.1, -0.05) is 0 Å². The van der Waals surface area contributed by atoms with E-state index in [1.807, 2.05) is 17.5 Å². The van der Waals surface area contributed by atoms with E-state index in [1.54, 1.807) is 18.4 Å². The molecule has 2 aromatic rings. The minimum absolute atomic E-state index is 0.0995. The summed E-state index contributed by atoms with van der Waals surface area (Å²) in [6.45, 7) is 0.0995. The fourth-order valence-corrected chi connectivity index (χ4v) is 3.52. The van der Waals surface area contributed by atoms with E-state index in [2.05, 4.69) is 22.6 Å². The van der Waals surface area contributed by atoms with Gasteiger partial charge in [-0.15, -0.1) is 11.3 Å². The van der Waals surface area contributed by atoms with Gasteiger partial charge in [0.1, 0.15) is 5.75 Å². The first-order valence-electron chi connectivity index (χ1n) is 4.10. The molecule has 0 bridgehead atoms. The van der Waals surface area contributed by atoms with Gasteiger partial charge >= 0.3 is 0 Å². The summed E-state index contributed by atoms with van der Waals surface area (Å²) in [4.78, 5) is 0. The van der Waals surface area contributed by atoms with E-state index in [9.17, 15) is 0 Å². The third-order valence-corrected chi connectivity index (χ3v) is 3.91. The molecule has 1 N–H and O–H groups in total. The van der Waals surface area contributed by atoms with Gasteiger partial charge in [0, 0.05) is 13.7 Å². The van der Waals surface area contributed by atoms with Gasteiger partial charge in [-0.25, -0.2) is 0 Å². The minimum atomic E-state index is 0.0995. The first kappa shape index (κ1) is 10.2. The number of aliphatic hydroxyl groups excluding tert-OH is 1. The van der Waals surface area contributed by atoms with Crippen LogP contribution in [0.2, 0.25) is 0 Å². The van der Waals surface area contributed by atoms with E-state index in [0.29, 0.717) is 0 Å². The topological polar surface area (TPSA) is 29.5 Å². The molecule has 1 aromatic heterocycles. The zero-order valence-corrected chi connectivity index (χ0v) is 10.6. The largest absolute Gasteiger partial charge is 0.497 e. The van der Waals surface area contributed by atoms with Crippen LogP contribution in [0.25, 0.3) is 10.1 Å². The number of benzene rings is 1. The molecular formula is C10H9IO2S. The second-order valence-corrected chi connectivity index (χ2v) is 4.97. The first-order valence-corrected chi connectivity index (χ1v) is 6.06. The van der Waals surface area contributed by atoms with Crippen LogP contribution in [-0.2, 0) is 6.61 Å². The third kappa shape index (κ3) is 1.62. The van der Waals surface area contributed by atoms with E-state index >= 15 is 0 Å². The highest BCUT2D eigenvalue weighted by molar-refractivity contribution is 14.1. The Morgan fingerprint density at radius 2 is 2.29 bits per heavy atom. The Morgan fingerprint density at radius 1 is 1.50 bits per heavy atom. The highest BCUT2D eigenvalue weighted by atomic mass is 127. The summed E-state index contributed by atoms with van der Waals surface area (Å²) < 4.78 is 7.48. The lowest BCUT2D eigenvalue weighted by Gasteiger charge is -2.02. The molecule has 4 heteroatoms. The maximum absolute atomic E-state index is 9.15. The normalized spacial score (nSPS) is 10.8. The average molecular weight is 320 g/mol. The third-order valence-electron chi connectivity index (χ3n) is 2.08. The maximum Gasteiger partial charge on any atom is 0.121 e. The second kappa shape index (κ2) is 4.04. The summed E-state index contributed by atoms with van der Waals surface area (Å²) in [6, 6.07) is 3.98. The molecule has 0 spiro atoms. The van der Waals surface area contributed by atoms with Crippen LogP contribution >= 0.6 is 33.9 Å². The molecule has 0 radical (unpaired) electrons. The van der Waals surface area contributed by atoms with E-state index in [1.165, 1.54) is 0 Å². The number of rotatable bonds is 2. The van der Waals surface area contributed by atoms with Gasteiger partial charge in [-0.3, -0.25) is 0 Å². The van der Waals surface area contributed by atoms with Crippen LogP contribution in [0.3, 0.4) is 0 Å². The zero-order chi connectivity index (χ0) is 10.1. The molecule has 0 aliphatic heterocycles. The fraction of sp³-hybridized carbons (Fsp3) is 0.200. The van der Waals surface area contributed by atoms with Crippen LogP contribution in [0.5, 0.6) is 5.75 Å². The Morgan fingerprint density at radius 3 is 2.93 bits per heavy atom. The standard InChI is InChI=1S/C10H9IO2S/c1-13-7-2-8(11)10-6(4-12)5-14-9(10)3-7/h2-3,5,12H,4H2,1H3. The fourth-order valence-electron chi connectivity index (χ4n) is 1.39. The minimum Gasteiger partial charge on any atom is -0.497 e. The van der Waals surface area contributed by atoms with Gasteiger partial charge in [0.15, 0.2) is 0 Å². The molecule has 14 heavy (non-hydrogen) atoms. The number of hydrogen-bond donors (Lipinski definition) is 1. The van der Waals surface area contributed by atoms with Crippen molar-refractivity contribution < 1.29 is 9.84 Å². The maximum atomic E-state index is 9.15. The van der Waals surface area contributed by atoms with Crippen LogP contribution in [-0.4, -0.2) is 12.2 Å². The van der Waals surface area contributed by atoms with Crippen molar-refractivity contribution in [2.24, 2.45) is 0 Å². The van der Waals surface area contributed by atoms with Crippen molar-refractivity contribution in [1.29, 1.82) is 0 Å². The zero-order valence-electron chi connectivity index (χ0n) is 7.58. The van der Waals surface area contributed by atoms with E-state index in [4.69, 9.17) is 9.84 Å². The highest BCUT2D eigenvalue weighted by Gasteiger charge is 2.08. The molecule has 0 fully saturated rings. The van der Waals surface area contributed by atoms with E-state index < -0.39 is 0 Å². The number of fused-ring (bicyclic) bond motifs is 1. The Bertz CT molecular complexity index is 464. The number of aliphatic hydroxyl groups is 1. The van der Waals surface area contributed by atoms with Gasteiger partial charge in [0.05, 0.1) is 13.7 Å². The van der Waals surface area contributed by atoms with Crippen LogP contribution < -0.4 is 4.74 Å². The molecule has 2 nitrogen and oxygen atoms in total. The van der Waals surface area contributed by atoms with Crippen LogP contribution in [0.15, 0.2) is 17.5 Å². The van der Waals surface area contributed by atoms with Gasteiger partial charge in [-0.2, -0.15) is 0 Å². The summed E-state index contributed by atoms with van der Waals surface area (Å²) >= 11 is 3.91. The van der Waals surface area contributed by atoms with Crippen molar-refractivity contribution in [2.45, 2.75) is 6.61 Å². The lowest BCUT2D eigenvalue weighted by atomic mass is 10.2. The SMILES string of the molecule is COc1cc(I)c2c(CO)csc2c1. The van der Waals surface area contributed by atoms with E-state index in [0.717, 1.165) is 25.0 Å². The van der Waals surface area contributed by atoms with E-state index in [-0.39, 0.29) is 6.61 Å². The Hall–Kier alpha value is -0.330. The highest BCUT2D eigenvalue weighted by Crippen LogP contribution is 2.33. The van der Waals surface area contributed by atoms with Gasteiger partial charge in [0.25, 0.3) is 0 Å². The number of methoxy groups -OCH3 is 1. The lowest BCUT2D eigenvalue weighted by molar-refractivity contribution is 0.283.